The summed E-state index contributed by atoms with van der Waals surface area (Å²) in [5, 5.41) is 32.3. The number of hydrogen-bond acceptors (Lipinski definition) is 8. The molecule has 34 heavy (non-hydrogen) atoms. The number of fused-ring (bicyclic) bond motifs is 2. The van der Waals surface area contributed by atoms with Crippen LogP contribution in [0.15, 0.2) is 18.2 Å². The topological polar surface area (TPSA) is 108 Å². The molecule has 0 bridgehead atoms. The van der Waals surface area contributed by atoms with Gasteiger partial charge in [-0.15, -0.1) is 11.3 Å². The maximum atomic E-state index is 13.1. The summed E-state index contributed by atoms with van der Waals surface area (Å²) in [4.78, 5) is 17.3. The van der Waals surface area contributed by atoms with Crippen molar-refractivity contribution < 1.29 is 19.1 Å². The summed E-state index contributed by atoms with van der Waals surface area (Å²) in [7, 11) is 0. The Balaban J connectivity index is 1.42. The molecule has 1 aliphatic carbocycles. The van der Waals surface area contributed by atoms with Gasteiger partial charge in [0.2, 0.25) is 5.10 Å². The Bertz CT molecular complexity index is 1250. The largest absolute Gasteiger partial charge is 0.739 e. The van der Waals surface area contributed by atoms with Crippen LogP contribution < -0.4 is 14.9 Å². The molecule has 5 rings (SSSR count). The van der Waals surface area contributed by atoms with E-state index in [0.29, 0.717) is 9.58 Å². The van der Waals surface area contributed by atoms with Gasteiger partial charge in [-0.25, -0.2) is 4.73 Å². The third-order valence-electron chi connectivity index (χ3n) is 6.33. The Kier molecular flexibility index (Phi) is 6.03. The van der Waals surface area contributed by atoms with E-state index in [0.717, 1.165) is 41.6 Å². The number of nitrogens with one attached hydrogen (secondary N) is 1. The van der Waals surface area contributed by atoms with Crippen LogP contribution in [0.4, 0.5) is 5.95 Å². The van der Waals surface area contributed by atoms with Crippen molar-refractivity contribution in [2.24, 2.45) is 0 Å². The summed E-state index contributed by atoms with van der Waals surface area (Å²) in [5.41, 5.74) is 3.70. The minimum atomic E-state index is -0.379. The number of benzene rings is 1. The molecule has 1 aliphatic heterocycles. The van der Waals surface area contributed by atoms with Gasteiger partial charge in [0.25, 0.3) is 5.52 Å². The van der Waals surface area contributed by atoms with Crippen molar-refractivity contribution in [2.45, 2.75) is 65.1 Å². The average molecular weight is 484 g/mol. The van der Waals surface area contributed by atoms with E-state index in [1.807, 2.05) is 6.92 Å². The first-order valence-electron chi connectivity index (χ1n) is 11.8. The molecule has 2 aliphatic rings. The van der Waals surface area contributed by atoms with Gasteiger partial charge in [-0.2, -0.15) is 0 Å². The van der Waals surface area contributed by atoms with Gasteiger partial charge in [-0.1, -0.05) is 0 Å². The predicted octanol–water partition coefficient (Wildman–Crippen LogP) is 2.81. The fourth-order valence-corrected chi connectivity index (χ4v) is 5.75. The van der Waals surface area contributed by atoms with E-state index in [9.17, 15) is 15.2 Å². The van der Waals surface area contributed by atoms with Crippen LogP contribution in [0.3, 0.4) is 0 Å². The monoisotopic (exact) mass is 483 g/mol. The zero-order chi connectivity index (χ0) is 24.0. The number of anilines is 1. The number of carbonyl (C=O) groups is 1. The molecule has 1 fully saturated rings. The van der Waals surface area contributed by atoms with Crippen molar-refractivity contribution in [2.75, 3.05) is 18.4 Å². The Morgan fingerprint density at radius 2 is 2.09 bits per heavy atom. The van der Waals surface area contributed by atoms with Crippen molar-refractivity contribution in [1.82, 2.24) is 10.00 Å². The fraction of sp³-hybridized carbons (Fsp3) is 0.500. The summed E-state index contributed by atoms with van der Waals surface area (Å²) in [6, 6.07) is 6.49. The first-order chi connectivity index (χ1) is 16.3. The maximum Gasteiger partial charge on any atom is 0.460 e. The minimum Gasteiger partial charge on any atom is -0.739 e. The third-order valence-corrected chi connectivity index (χ3v) is 7.60. The van der Waals surface area contributed by atoms with E-state index < -0.39 is 0 Å². The summed E-state index contributed by atoms with van der Waals surface area (Å²) < 4.78 is 5.72. The zero-order valence-corrected chi connectivity index (χ0v) is 20.5. The molecule has 0 saturated heterocycles. The average Bonchev–Trinajstić information content (AvgIpc) is 3.55. The van der Waals surface area contributed by atoms with E-state index in [4.69, 9.17) is 4.74 Å². The number of aromatic nitrogens is 3. The molecule has 180 valence electrons. The molecule has 3 aromatic rings. The smallest absolute Gasteiger partial charge is 0.460 e. The lowest BCUT2D eigenvalue weighted by molar-refractivity contribution is -0.672. The van der Waals surface area contributed by atoms with E-state index in [1.54, 1.807) is 37.3 Å². The molecule has 1 saturated carbocycles. The first kappa shape index (κ1) is 22.8. The number of carbonyl (C=O) groups excluding carboxylic acids is 1. The van der Waals surface area contributed by atoms with Crippen LogP contribution in [-0.4, -0.2) is 41.2 Å². The number of rotatable bonds is 7. The Labute approximate surface area is 202 Å². The van der Waals surface area contributed by atoms with Gasteiger partial charge in [-0.05, 0) is 68.9 Å². The third kappa shape index (κ3) is 4.52. The van der Waals surface area contributed by atoms with Gasteiger partial charge in [0.1, 0.15) is 0 Å². The molecule has 9 nitrogen and oxygen atoms in total. The van der Waals surface area contributed by atoms with Crippen LogP contribution in [0, 0.1) is 17.3 Å². The SMILES string of the molecule is Cc1cc2c(cc1-c1cc3c(s1)CCN(C1CC1)C3)[n+]([O-])c(NCCC(=O)OC(C)C)n[n+]2[O-]. The Morgan fingerprint density at radius 3 is 2.82 bits per heavy atom. The van der Waals surface area contributed by atoms with E-state index in [-0.39, 0.29) is 42.0 Å². The Morgan fingerprint density at radius 1 is 1.29 bits per heavy atom. The van der Waals surface area contributed by atoms with E-state index >= 15 is 0 Å². The van der Waals surface area contributed by atoms with Crippen LogP contribution in [0.5, 0.6) is 0 Å². The number of hydrogen-bond donors (Lipinski definition) is 1. The highest BCUT2D eigenvalue weighted by Crippen LogP contribution is 2.39. The lowest BCUT2D eigenvalue weighted by Crippen LogP contribution is -2.44. The molecule has 0 radical (unpaired) electrons. The van der Waals surface area contributed by atoms with E-state index in [1.165, 1.54) is 23.3 Å². The van der Waals surface area contributed by atoms with Crippen LogP contribution >= 0.6 is 11.3 Å². The second-order valence-electron chi connectivity index (χ2n) is 9.37. The molecule has 3 heterocycles. The number of esters is 1. The number of aryl methyl sites for hydroxylation is 1. The summed E-state index contributed by atoms with van der Waals surface area (Å²) in [6.45, 7) is 7.73. The summed E-state index contributed by atoms with van der Waals surface area (Å²) in [6.07, 6.45) is 3.52. The lowest BCUT2D eigenvalue weighted by Gasteiger charge is -2.26. The van der Waals surface area contributed by atoms with Gasteiger partial charge in [0.05, 0.1) is 19.1 Å². The highest BCUT2D eigenvalue weighted by Gasteiger charge is 2.32. The van der Waals surface area contributed by atoms with Gasteiger partial charge < -0.3 is 15.2 Å². The molecular formula is C24H29N5O4S. The molecule has 0 atom stereocenters. The summed E-state index contributed by atoms with van der Waals surface area (Å²) in [5.74, 6) is -0.518. The molecule has 1 aromatic carbocycles. The number of nitrogens with zero attached hydrogens (tertiary/aromatic N) is 4. The van der Waals surface area contributed by atoms with Crippen LogP contribution in [0.2, 0.25) is 0 Å². The van der Waals surface area contributed by atoms with Crippen LogP contribution in [0.25, 0.3) is 21.5 Å². The molecule has 0 spiro atoms. The highest BCUT2D eigenvalue weighted by atomic mass is 32.1. The quantitative estimate of drug-likeness (QED) is 0.313. The molecule has 2 aromatic heterocycles. The maximum absolute atomic E-state index is 13.1. The van der Waals surface area contributed by atoms with E-state index in [2.05, 4.69) is 21.4 Å². The second kappa shape index (κ2) is 8.99. The van der Waals surface area contributed by atoms with Gasteiger partial charge >= 0.3 is 11.9 Å². The fourth-order valence-electron chi connectivity index (χ4n) is 4.50. The van der Waals surface area contributed by atoms with Crippen molar-refractivity contribution in [3.05, 3.63) is 44.6 Å². The Hall–Kier alpha value is -2.98. The standard InChI is InChI=1S/C24H29N5O4S/c1-14(2)33-23(30)6-8-25-24-26-29(32)20-10-15(3)18(12-19(20)28(24)31)22-11-16-13-27(17-4-5-17)9-7-21(16)34-22/h10-12,14,17H,4-9,13H2,1-3H3,(H,25,26). The van der Waals surface area contributed by atoms with Crippen LogP contribution in [-0.2, 0) is 22.5 Å². The molecule has 0 amide bonds. The lowest BCUT2D eigenvalue weighted by atomic mass is 10.0. The van der Waals surface area contributed by atoms with Crippen molar-refractivity contribution in [1.29, 1.82) is 0 Å². The summed E-state index contributed by atoms with van der Waals surface area (Å²) >= 11 is 1.78. The zero-order valence-electron chi connectivity index (χ0n) is 19.7. The normalized spacial score (nSPS) is 16.1. The minimum absolute atomic E-state index is 0.0640. The van der Waals surface area contributed by atoms with Gasteiger partial charge in [0, 0.05) is 39.8 Å². The number of thiophene rings is 1. The highest BCUT2D eigenvalue weighted by molar-refractivity contribution is 7.15. The molecule has 1 N–H and O–H groups in total. The first-order valence-corrected chi connectivity index (χ1v) is 12.6. The molecular weight excluding hydrogens is 454 g/mol. The molecule has 0 unspecified atom stereocenters. The van der Waals surface area contributed by atoms with Crippen LogP contribution in [0.1, 0.15) is 49.1 Å². The second-order valence-corrected chi connectivity index (χ2v) is 10.5. The predicted molar refractivity (Wildman–Crippen MR) is 129 cm³/mol. The van der Waals surface area contributed by atoms with Gasteiger partial charge in [0.15, 0.2) is 5.52 Å². The van der Waals surface area contributed by atoms with Gasteiger partial charge in [-0.3, -0.25) is 15.0 Å². The van der Waals surface area contributed by atoms with Crippen molar-refractivity contribution >= 4 is 34.3 Å². The van der Waals surface area contributed by atoms with Crippen molar-refractivity contribution in [3.8, 4) is 10.4 Å². The van der Waals surface area contributed by atoms with Crippen molar-refractivity contribution in [3.63, 3.8) is 0 Å². The number of ether oxygens (including phenoxy) is 1. The molecule has 10 heteroatoms.